The third-order valence-electron chi connectivity index (χ3n) is 3.43. The largest absolute Gasteiger partial charge is 0.384 e. The summed E-state index contributed by atoms with van der Waals surface area (Å²) in [7, 11) is 2.06. The fourth-order valence-corrected chi connectivity index (χ4v) is 2.47. The van der Waals surface area contributed by atoms with E-state index in [0.29, 0.717) is 11.7 Å². The lowest BCUT2D eigenvalue weighted by molar-refractivity contribution is 0.0576. The molecule has 19 heavy (non-hydrogen) atoms. The van der Waals surface area contributed by atoms with E-state index in [1.54, 1.807) is 0 Å². The minimum atomic E-state index is 0.556. The van der Waals surface area contributed by atoms with E-state index in [9.17, 15) is 0 Å². The second-order valence-corrected chi connectivity index (χ2v) is 5.28. The molecule has 1 aromatic rings. The zero-order valence-corrected chi connectivity index (χ0v) is 11.9. The molecule has 1 saturated heterocycles. The van der Waals surface area contributed by atoms with Crippen molar-refractivity contribution in [3.8, 4) is 0 Å². The highest BCUT2D eigenvalue weighted by molar-refractivity contribution is 5.46. The molecule has 2 rings (SSSR count). The van der Waals surface area contributed by atoms with Crippen molar-refractivity contribution in [3.63, 3.8) is 0 Å². The molecule has 1 aromatic heterocycles. The molecule has 0 aromatic carbocycles. The first-order valence-electron chi connectivity index (χ1n) is 7.11. The first-order chi connectivity index (χ1) is 9.19. The number of nitrogens with zero attached hydrogens (tertiary/aromatic N) is 3. The number of ether oxygens (including phenoxy) is 1. The van der Waals surface area contributed by atoms with Gasteiger partial charge < -0.3 is 15.4 Å². The van der Waals surface area contributed by atoms with Gasteiger partial charge in [0.25, 0.3) is 0 Å². The maximum Gasteiger partial charge on any atom is 0.134 e. The van der Waals surface area contributed by atoms with Crippen LogP contribution in [0.1, 0.15) is 32.0 Å². The predicted octanol–water partition coefficient (Wildman–Crippen LogP) is 1.87. The highest BCUT2D eigenvalue weighted by Crippen LogP contribution is 2.19. The molecule has 2 N–H and O–H groups in total. The van der Waals surface area contributed by atoms with Gasteiger partial charge in [-0.1, -0.05) is 6.92 Å². The highest BCUT2D eigenvalue weighted by Gasteiger charge is 2.17. The maximum absolute atomic E-state index is 5.86. The summed E-state index contributed by atoms with van der Waals surface area (Å²) in [5.74, 6) is 2.90. The van der Waals surface area contributed by atoms with Crippen molar-refractivity contribution in [2.75, 3.05) is 37.4 Å². The molecule has 0 radical (unpaired) electrons. The summed E-state index contributed by atoms with van der Waals surface area (Å²) in [6.45, 7) is 4.84. The molecule has 5 nitrogen and oxygen atoms in total. The number of rotatable bonds is 5. The quantitative estimate of drug-likeness (QED) is 0.879. The molecule has 0 bridgehead atoms. The summed E-state index contributed by atoms with van der Waals surface area (Å²) in [6.07, 6.45) is 4.29. The zero-order valence-electron chi connectivity index (χ0n) is 11.9. The number of anilines is 2. The molecule has 2 heterocycles. The molecule has 0 aliphatic carbocycles. The smallest absolute Gasteiger partial charge is 0.134 e. The molecule has 1 unspecified atom stereocenters. The summed E-state index contributed by atoms with van der Waals surface area (Å²) in [5.41, 5.74) is 5.86. The van der Waals surface area contributed by atoms with Crippen LogP contribution < -0.4 is 10.6 Å². The molecule has 5 heteroatoms. The maximum atomic E-state index is 5.86. The van der Waals surface area contributed by atoms with Crippen LogP contribution in [0.2, 0.25) is 0 Å². The van der Waals surface area contributed by atoms with Gasteiger partial charge in [-0.25, -0.2) is 9.97 Å². The number of aryl methyl sites for hydroxylation is 1. The van der Waals surface area contributed by atoms with Gasteiger partial charge in [-0.15, -0.1) is 0 Å². The molecular formula is C14H24N4O. The Labute approximate surface area is 115 Å². The number of nitrogen functional groups attached to an aromatic ring is 1. The van der Waals surface area contributed by atoms with Crippen LogP contribution in [0.4, 0.5) is 11.6 Å². The van der Waals surface area contributed by atoms with Gasteiger partial charge in [0.15, 0.2) is 0 Å². The van der Waals surface area contributed by atoms with Gasteiger partial charge in [0.1, 0.15) is 17.5 Å². The van der Waals surface area contributed by atoms with E-state index in [1.165, 1.54) is 6.42 Å². The van der Waals surface area contributed by atoms with Gasteiger partial charge in [0.2, 0.25) is 0 Å². The van der Waals surface area contributed by atoms with E-state index in [4.69, 9.17) is 10.5 Å². The van der Waals surface area contributed by atoms with E-state index in [1.807, 2.05) is 6.07 Å². The van der Waals surface area contributed by atoms with Crippen molar-refractivity contribution in [2.24, 2.45) is 5.92 Å². The van der Waals surface area contributed by atoms with Crippen LogP contribution in [0.3, 0.4) is 0 Å². The van der Waals surface area contributed by atoms with E-state index >= 15 is 0 Å². The molecule has 1 atom stereocenters. The van der Waals surface area contributed by atoms with Gasteiger partial charge in [-0.3, -0.25) is 0 Å². The predicted molar refractivity (Wildman–Crippen MR) is 77.3 cm³/mol. The molecule has 1 aliphatic heterocycles. The summed E-state index contributed by atoms with van der Waals surface area (Å²) in [4.78, 5) is 11.0. The van der Waals surface area contributed by atoms with Crippen molar-refractivity contribution in [1.29, 1.82) is 0 Å². The monoisotopic (exact) mass is 264 g/mol. The zero-order chi connectivity index (χ0) is 13.7. The van der Waals surface area contributed by atoms with Crippen LogP contribution in [0.25, 0.3) is 0 Å². The Kier molecular flexibility index (Phi) is 4.96. The summed E-state index contributed by atoms with van der Waals surface area (Å²) < 4.78 is 5.52. The first kappa shape index (κ1) is 14.1. The topological polar surface area (TPSA) is 64.3 Å². The molecule has 1 fully saturated rings. The number of aromatic nitrogens is 2. The molecule has 1 aliphatic rings. The lowest BCUT2D eigenvalue weighted by Gasteiger charge is -2.28. The van der Waals surface area contributed by atoms with Crippen LogP contribution >= 0.6 is 0 Å². The van der Waals surface area contributed by atoms with Crippen LogP contribution in [-0.2, 0) is 11.2 Å². The Morgan fingerprint density at radius 2 is 2.32 bits per heavy atom. The number of hydrogen-bond acceptors (Lipinski definition) is 5. The Hall–Kier alpha value is -1.36. The minimum Gasteiger partial charge on any atom is -0.384 e. The van der Waals surface area contributed by atoms with Crippen molar-refractivity contribution in [1.82, 2.24) is 9.97 Å². The molecule has 0 saturated carbocycles. The third-order valence-corrected chi connectivity index (χ3v) is 3.43. The second-order valence-electron chi connectivity index (χ2n) is 5.28. The van der Waals surface area contributed by atoms with E-state index in [2.05, 4.69) is 28.8 Å². The Morgan fingerprint density at radius 1 is 1.47 bits per heavy atom. The van der Waals surface area contributed by atoms with E-state index in [0.717, 1.165) is 50.7 Å². The first-order valence-corrected chi connectivity index (χ1v) is 7.11. The standard InChI is InChI=1S/C14H24N4O/c1-3-5-13-16-12(15)8-14(17-13)18(2)9-11-6-4-7-19-10-11/h8,11H,3-7,9-10H2,1-2H3,(H2,15,16,17). The molecule has 0 spiro atoms. The van der Waals surface area contributed by atoms with Crippen molar-refractivity contribution >= 4 is 11.6 Å². The lowest BCUT2D eigenvalue weighted by atomic mass is 10.0. The number of hydrogen-bond donors (Lipinski definition) is 1. The second kappa shape index (κ2) is 6.70. The Balaban J connectivity index is 2.02. The fourth-order valence-electron chi connectivity index (χ4n) is 2.47. The highest BCUT2D eigenvalue weighted by atomic mass is 16.5. The van der Waals surface area contributed by atoms with Crippen LogP contribution in [0.15, 0.2) is 6.07 Å². The molecule has 106 valence electrons. The van der Waals surface area contributed by atoms with E-state index in [-0.39, 0.29) is 0 Å². The average Bonchev–Trinajstić information content (AvgIpc) is 2.39. The van der Waals surface area contributed by atoms with Crippen molar-refractivity contribution < 1.29 is 4.74 Å². The van der Waals surface area contributed by atoms with Crippen LogP contribution in [0.5, 0.6) is 0 Å². The normalized spacial score (nSPS) is 19.4. The Bertz CT molecular complexity index is 404. The molecule has 0 amide bonds. The molecular weight excluding hydrogens is 240 g/mol. The van der Waals surface area contributed by atoms with Gasteiger partial charge in [0.05, 0.1) is 6.61 Å². The average molecular weight is 264 g/mol. The van der Waals surface area contributed by atoms with Crippen LogP contribution in [-0.4, -0.2) is 36.8 Å². The lowest BCUT2D eigenvalue weighted by Crippen LogP contribution is -2.31. The van der Waals surface area contributed by atoms with Crippen molar-refractivity contribution in [3.05, 3.63) is 11.9 Å². The summed E-state index contributed by atoms with van der Waals surface area (Å²) in [5, 5.41) is 0. The summed E-state index contributed by atoms with van der Waals surface area (Å²) >= 11 is 0. The van der Waals surface area contributed by atoms with Crippen molar-refractivity contribution in [2.45, 2.75) is 32.6 Å². The van der Waals surface area contributed by atoms with E-state index < -0.39 is 0 Å². The van der Waals surface area contributed by atoms with Gasteiger partial charge in [0, 0.05) is 32.7 Å². The van der Waals surface area contributed by atoms with Crippen LogP contribution in [0, 0.1) is 5.92 Å². The van der Waals surface area contributed by atoms with Gasteiger partial charge >= 0.3 is 0 Å². The van der Waals surface area contributed by atoms with Gasteiger partial charge in [-0.05, 0) is 25.2 Å². The fraction of sp³-hybridized carbons (Fsp3) is 0.714. The van der Waals surface area contributed by atoms with Gasteiger partial charge in [-0.2, -0.15) is 0 Å². The minimum absolute atomic E-state index is 0.556. The number of nitrogens with two attached hydrogens (primary N) is 1. The SMILES string of the molecule is CCCc1nc(N)cc(N(C)CC2CCCOC2)n1. The summed E-state index contributed by atoms with van der Waals surface area (Å²) in [6, 6.07) is 1.85. The third kappa shape index (κ3) is 4.06. The Morgan fingerprint density at radius 3 is 3.00 bits per heavy atom.